The number of esters is 2. The Labute approximate surface area is 87.2 Å². The summed E-state index contributed by atoms with van der Waals surface area (Å²) < 4.78 is 4.89. The molecule has 0 aromatic carbocycles. The fourth-order valence-corrected chi connectivity index (χ4v) is 6.55. The average molecular weight is 204 g/mol. The highest BCUT2D eigenvalue weighted by atomic mass is 16.6. The Morgan fingerprint density at radius 2 is 1.53 bits per heavy atom. The molecule has 4 saturated carbocycles. The van der Waals surface area contributed by atoms with E-state index >= 15 is 0 Å². The van der Waals surface area contributed by atoms with Crippen LogP contribution < -0.4 is 0 Å². The van der Waals surface area contributed by atoms with Crippen LogP contribution in [-0.2, 0) is 14.3 Å². The molecule has 3 heteroatoms. The zero-order valence-corrected chi connectivity index (χ0v) is 8.79. The molecule has 0 aromatic heterocycles. The minimum Gasteiger partial charge on any atom is -0.392 e. The number of hydrogen-bond donors (Lipinski definition) is 0. The summed E-state index contributed by atoms with van der Waals surface area (Å²) in [5.74, 6) is 0.981. The van der Waals surface area contributed by atoms with Gasteiger partial charge in [0.2, 0.25) is 0 Å². The van der Waals surface area contributed by atoms with Gasteiger partial charge >= 0.3 is 11.9 Å². The lowest BCUT2D eigenvalue weighted by atomic mass is 9.81. The van der Waals surface area contributed by atoms with Gasteiger partial charge in [-0.25, -0.2) is 0 Å². The van der Waals surface area contributed by atoms with Gasteiger partial charge in [0.25, 0.3) is 0 Å². The normalized spacial score (nSPS) is 75.3. The molecule has 4 unspecified atom stereocenters. The van der Waals surface area contributed by atoms with Crippen molar-refractivity contribution in [3.63, 3.8) is 0 Å². The van der Waals surface area contributed by atoms with E-state index in [0.717, 1.165) is 12.8 Å². The van der Waals surface area contributed by atoms with Crippen molar-refractivity contribution in [2.24, 2.45) is 33.5 Å². The predicted octanol–water partition coefficient (Wildman–Crippen LogP) is 1.12. The maximum atomic E-state index is 11.9. The van der Waals surface area contributed by atoms with E-state index < -0.39 is 0 Å². The van der Waals surface area contributed by atoms with Crippen LogP contribution in [0.4, 0.5) is 0 Å². The number of hydrogen-bond acceptors (Lipinski definition) is 3. The lowest BCUT2D eigenvalue weighted by Crippen LogP contribution is -2.26. The quantitative estimate of drug-likeness (QED) is 0.438. The van der Waals surface area contributed by atoms with E-state index in [1.807, 2.05) is 0 Å². The maximum Gasteiger partial charge on any atom is 0.321 e. The zero-order chi connectivity index (χ0) is 10.4. The lowest BCUT2D eigenvalue weighted by molar-refractivity contribution is -0.161. The van der Waals surface area contributed by atoms with Crippen molar-refractivity contribution in [2.45, 2.75) is 26.7 Å². The van der Waals surface area contributed by atoms with E-state index in [-0.39, 0.29) is 33.6 Å². The molecule has 1 aliphatic heterocycles. The van der Waals surface area contributed by atoms with Gasteiger partial charge in [-0.05, 0) is 30.1 Å². The van der Waals surface area contributed by atoms with Gasteiger partial charge in [0, 0.05) is 5.41 Å². The first kappa shape index (κ1) is 7.42. The molecule has 5 fully saturated rings. The van der Waals surface area contributed by atoms with Crippen molar-refractivity contribution in [1.29, 1.82) is 0 Å². The Kier molecular flexibility index (Phi) is 0.658. The van der Waals surface area contributed by atoms with Gasteiger partial charge in [0.15, 0.2) is 0 Å². The maximum absolute atomic E-state index is 11.9. The summed E-state index contributed by atoms with van der Waals surface area (Å²) in [6.45, 7) is 4.45. The molecule has 5 aliphatic rings. The van der Waals surface area contributed by atoms with Crippen LogP contribution in [0.15, 0.2) is 0 Å². The van der Waals surface area contributed by atoms with Gasteiger partial charge in [-0.1, -0.05) is 13.8 Å². The van der Waals surface area contributed by atoms with Crippen LogP contribution >= 0.6 is 0 Å². The van der Waals surface area contributed by atoms with Crippen molar-refractivity contribution < 1.29 is 14.3 Å². The molecule has 15 heavy (non-hydrogen) atoms. The van der Waals surface area contributed by atoms with Crippen molar-refractivity contribution in [1.82, 2.24) is 0 Å². The van der Waals surface area contributed by atoms with Gasteiger partial charge in [-0.15, -0.1) is 0 Å². The zero-order valence-electron chi connectivity index (χ0n) is 8.79. The molecule has 1 heterocycles. The third kappa shape index (κ3) is 0.305. The smallest absolute Gasteiger partial charge is 0.321 e. The van der Waals surface area contributed by atoms with Gasteiger partial charge in [-0.2, -0.15) is 0 Å². The first-order valence-corrected chi connectivity index (χ1v) is 5.75. The van der Waals surface area contributed by atoms with Crippen molar-refractivity contribution in [3.05, 3.63) is 0 Å². The monoisotopic (exact) mass is 204 g/mol. The predicted molar refractivity (Wildman–Crippen MR) is 48.4 cm³/mol. The lowest BCUT2D eigenvalue weighted by Gasteiger charge is -2.21. The largest absolute Gasteiger partial charge is 0.392 e. The Bertz CT molecular complexity index is 457. The summed E-state index contributed by atoms with van der Waals surface area (Å²) in [5.41, 5.74) is -0.534. The fourth-order valence-electron chi connectivity index (χ4n) is 6.55. The topological polar surface area (TPSA) is 43.4 Å². The van der Waals surface area contributed by atoms with E-state index in [9.17, 15) is 9.59 Å². The molecule has 78 valence electrons. The number of ether oxygens (including phenoxy) is 1. The first-order valence-electron chi connectivity index (χ1n) is 5.75. The summed E-state index contributed by atoms with van der Waals surface area (Å²) in [6, 6.07) is 0. The summed E-state index contributed by atoms with van der Waals surface area (Å²) in [6.07, 6.45) is 1.85. The van der Waals surface area contributed by atoms with Gasteiger partial charge in [-0.3, -0.25) is 9.59 Å². The summed E-state index contributed by atoms with van der Waals surface area (Å²) in [7, 11) is 0. The molecule has 3 nitrogen and oxygen atoms in total. The molecule has 0 radical (unpaired) electrons. The molecular formula is C12H12O3. The van der Waals surface area contributed by atoms with Crippen molar-refractivity contribution >= 4 is 11.9 Å². The number of fused-ring (bicyclic) bond motifs is 1. The number of carbonyl (C=O) groups excluding carboxylic acids is 2. The molecule has 0 amide bonds. The second-order valence-electron chi connectivity index (χ2n) is 6.52. The molecule has 0 bridgehead atoms. The highest BCUT2D eigenvalue weighted by Gasteiger charge is 3.11. The van der Waals surface area contributed by atoms with Gasteiger partial charge in [0.05, 0.1) is 10.8 Å². The van der Waals surface area contributed by atoms with Gasteiger partial charge in [0.1, 0.15) is 0 Å². The summed E-state index contributed by atoms with van der Waals surface area (Å²) in [4.78, 5) is 23.9. The van der Waals surface area contributed by atoms with Crippen molar-refractivity contribution in [2.75, 3.05) is 0 Å². The third-order valence-electron chi connectivity index (χ3n) is 7.30. The Hall–Kier alpha value is -0.860. The van der Waals surface area contributed by atoms with Crippen LogP contribution in [0.25, 0.3) is 0 Å². The molecule has 0 aromatic rings. The van der Waals surface area contributed by atoms with E-state index in [1.165, 1.54) is 0 Å². The van der Waals surface area contributed by atoms with Crippen LogP contribution in [0.3, 0.4) is 0 Å². The Balaban J connectivity index is 1.91. The average Bonchev–Trinajstić information content (AvgIpc) is 2.83. The van der Waals surface area contributed by atoms with E-state index in [0.29, 0.717) is 11.8 Å². The third-order valence-corrected chi connectivity index (χ3v) is 7.30. The second-order valence-corrected chi connectivity index (χ2v) is 6.52. The fraction of sp³-hybridized carbons (Fsp3) is 0.833. The van der Waals surface area contributed by atoms with E-state index in [1.54, 1.807) is 0 Å². The Morgan fingerprint density at radius 1 is 1.07 bits per heavy atom. The van der Waals surface area contributed by atoms with E-state index in [4.69, 9.17) is 4.74 Å². The number of rotatable bonds is 0. The molecule has 5 rings (SSSR count). The molecule has 4 atom stereocenters. The molecule has 4 aliphatic carbocycles. The minimum absolute atomic E-state index is 0.0469. The SMILES string of the molecule is CC12C3CC45C(=O)OC(=O)C4(CC31)C25C. The van der Waals surface area contributed by atoms with Gasteiger partial charge < -0.3 is 4.74 Å². The van der Waals surface area contributed by atoms with Crippen LogP contribution in [0.2, 0.25) is 0 Å². The molecule has 2 spiro atoms. The first-order chi connectivity index (χ1) is 6.98. The van der Waals surface area contributed by atoms with Crippen LogP contribution in [0, 0.1) is 33.5 Å². The molecular weight excluding hydrogens is 192 g/mol. The number of carbonyl (C=O) groups is 2. The number of cyclic esters (lactones) is 2. The summed E-state index contributed by atoms with van der Waals surface area (Å²) in [5, 5.41) is 0. The summed E-state index contributed by atoms with van der Waals surface area (Å²) >= 11 is 0. The molecule has 1 saturated heterocycles. The van der Waals surface area contributed by atoms with E-state index in [2.05, 4.69) is 13.8 Å². The van der Waals surface area contributed by atoms with Crippen molar-refractivity contribution in [3.8, 4) is 0 Å². The van der Waals surface area contributed by atoms with Crippen LogP contribution in [0.1, 0.15) is 26.7 Å². The second kappa shape index (κ2) is 1.33. The highest BCUT2D eigenvalue weighted by molar-refractivity contribution is 6.11. The Morgan fingerprint density at radius 3 is 1.93 bits per heavy atom. The standard InChI is InChI=1S/C12H12O3/c1-9-5-3-11-7(13)15-8(14)12(11,4-6(5)9)10(9,11)2/h5-6H,3-4H2,1-2H3. The highest BCUT2D eigenvalue weighted by Crippen LogP contribution is 3.08. The van der Waals surface area contributed by atoms with Crippen LogP contribution in [-0.4, -0.2) is 11.9 Å². The van der Waals surface area contributed by atoms with Crippen LogP contribution in [0.5, 0.6) is 0 Å². The molecule has 0 N–H and O–H groups in total. The minimum atomic E-state index is -0.384.